The molecular weight excluding hydrogens is 494 g/mol. The summed E-state index contributed by atoms with van der Waals surface area (Å²) in [6.07, 6.45) is 0.941. The van der Waals surface area contributed by atoms with Gasteiger partial charge in [0.1, 0.15) is 11.6 Å². The van der Waals surface area contributed by atoms with Crippen molar-refractivity contribution in [2.75, 3.05) is 26.6 Å². The number of benzene rings is 3. The van der Waals surface area contributed by atoms with Crippen molar-refractivity contribution in [1.82, 2.24) is 9.78 Å². The Morgan fingerprint density at radius 1 is 0.795 bits per heavy atom. The molecule has 1 aromatic heterocycles. The fourth-order valence-corrected chi connectivity index (χ4v) is 5.72. The van der Waals surface area contributed by atoms with Crippen LogP contribution in [0.3, 0.4) is 0 Å². The summed E-state index contributed by atoms with van der Waals surface area (Å²) in [5.74, 6) is 2.04. The number of fused-ring (bicyclic) bond motifs is 1. The number of hydrogen-bond acceptors (Lipinski definition) is 6. The van der Waals surface area contributed by atoms with Crippen LogP contribution in [0.2, 0.25) is 0 Å². The summed E-state index contributed by atoms with van der Waals surface area (Å²) in [6, 6.07) is 22.8. The highest BCUT2D eigenvalue weighted by molar-refractivity contribution is 6.01. The molecule has 8 nitrogen and oxygen atoms in total. The predicted molar refractivity (Wildman–Crippen MR) is 148 cm³/mol. The highest BCUT2D eigenvalue weighted by atomic mass is 16.5. The number of Topliss-reactive ketones (excluding diaryl/α,β-unsaturated/α-hetero) is 1. The van der Waals surface area contributed by atoms with E-state index >= 15 is 0 Å². The molecule has 0 bridgehead atoms. The van der Waals surface area contributed by atoms with Crippen LogP contribution in [0.1, 0.15) is 41.4 Å². The summed E-state index contributed by atoms with van der Waals surface area (Å²) < 4.78 is 17.8. The van der Waals surface area contributed by atoms with Gasteiger partial charge in [-0.15, -0.1) is 0 Å². The van der Waals surface area contributed by atoms with Crippen LogP contribution in [0.15, 0.2) is 88.9 Å². The van der Waals surface area contributed by atoms with E-state index in [4.69, 9.17) is 14.2 Å². The van der Waals surface area contributed by atoms with Gasteiger partial charge in [-0.05, 0) is 59.9 Å². The van der Waals surface area contributed by atoms with Gasteiger partial charge in [-0.3, -0.25) is 14.7 Å². The number of H-pyrrole nitrogens is 1. The number of anilines is 1. The lowest BCUT2D eigenvalue weighted by molar-refractivity contribution is -0.116. The number of para-hydroxylation sites is 1. The second-order valence-corrected chi connectivity index (χ2v) is 9.74. The third-order valence-corrected chi connectivity index (χ3v) is 7.63. The van der Waals surface area contributed by atoms with Crippen LogP contribution in [0, 0.1) is 0 Å². The van der Waals surface area contributed by atoms with Crippen LogP contribution in [0.4, 0.5) is 5.82 Å². The third-order valence-electron chi connectivity index (χ3n) is 7.63. The van der Waals surface area contributed by atoms with E-state index in [9.17, 15) is 9.59 Å². The molecule has 0 amide bonds. The van der Waals surface area contributed by atoms with Crippen molar-refractivity contribution >= 4 is 11.6 Å². The first-order valence-corrected chi connectivity index (χ1v) is 12.8. The van der Waals surface area contributed by atoms with E-state index in [1.807, 2.05) is 72.8 Å². The van der Waals surface area contributed by atoms with Crippen molar-refractivity contribution in [2.24, 2.45) is 0 Å². The predicted octanol–water partition coefficient (Wildman–Crippen LogP) is 5.15. The smallest absolute Gasteiger partial charge is 0.277 e. The Hall–Kier alpha value is -4.72. The molecule has 2 heterocycles. The summed E-state index contributed by atoms with van der Waals surface area (Å²) in [7, 11) is 4.82. The minimum Gasteiger partial charge on any atom is -0.497 e. The summed E-state index contributed by atoms with van der Waals surface area (Å²) in [5, 5.41) is 6.70. The molecule has 0 saturated heterocycles. The average Bonchev–Trinajstić information content (AvgIpc) is 3.31. The Kier molecular flexibility index (Phi) is 6.23. The molecule has 0 spiro atoms. The second-order valence-electron chi connectivity index (χ2n) is 9.74. The first-order valence-electron chi connectivity index (χ1n) is 12.8. The number of nitrogens with one attached hydrogen (secondary N) is 2. The molecule has 4 aromatic rings. The van der Waals surface area contributed by atoms with E-state index in [-0.39, 0.29) is 17.3 Å². The fourth-order valence-electron chi connectivity index (χ4n) is 5.72. The van der Waals surface area contributed by atoms with Crippen molar-refractivity contribution in [2.45, 2.75) is 24.7 Å². The van der Waals surface area contributed by atoms with Crippen LogP contribution >= 0.6 is 0 Å². The Morgan fingerprint density at radius 2 is 1.51 bits per heavy atom. The number of aromatic nitrogens is 2. The maximum Gasteiger partial charge on any atom is 0.277 e. The molecule has 0 unspecified atom stereocenters. The Morgan fingerprint density at radius 3 is 2.21 bits per heavy atom. The lowest BCUT2D eigenvalue weighted by atomic mass is 9.73. The van der Waals surface area contributed by atoms with Crippen LogP contribution in [0.5, 0.6) is 17.2 Å². The van der Waals surface area contributed by atoms with Gasteiger partial charge in [0, 0.05) is 23.6 Å². The number of methoxy groups -OCH3 is 3. The second kappa shape index (κ2) is 9.87. The lowest BCUT2D eigenvalue weighted by Gasteiger charge is -2.34. The van der Waals surface area contributed by atoms with Gasteiger partial charge >= 0.3 is 0 Å². The number of hydrogen-bond donors (Lipinski definition) is 2. The number of carbonyl (C=O) groups excluding carboxylic acids is 1. The summed E-state index contributed by atoms with van der Waals surface area (Å²) >= 11 is 0. The van der Waals surface area contributed by atoms with Gasteiger partial charge in [-0.2, -0.15) is 0 Å². The summed E-state index contributed by atoms with van der Waals surface area (Å²) in [6.45, 7) is 0. The van der Waals surface area contributed by atoms with Gasteiger partial charge in [0.05, 0.1) is 32.6 Å². The number of nitrogens with zero attached hydrogens (tertiary/aromatic N) is 1. The van der Waals surface area contributed by atoms with E-state index < -0.39 is 5.92 Å². The number of carbonyl (C=O) groups is 1. The van der Waals surface area contributed by atoms with E-state index in [2.05, 4.69) is 10.4 Å². The van der Waals surface area contributed by atoms with Crippen molar-refractivity contribution in [3.8, 4) is 22.9 Å². The van der Waals surface area contributed by atoms with E-state index in [1.54, 1.807) is 21.3 Å². The maximum absolute atomic E-state index is 13.9. The SMILES string of the molecule is COc1ccc([C@H]2C3=C(C[C@H](c4ccc(OC)c(OC)c4)CC3=O)Nc3[nH]n(-c4ccccc4)c(=O)c32)cc1. The molecule has 0 saturated carbocycles. The molecule has 39 heavy (non-hydrogen) atoms. The lowest BCUT2D eigenvalue weighted by Crippen LogP contribution is -2.32. The highest BCUT2D eigenvalue weighted by Gasteiger charge is 2.41. The monoisotopic (exact) mass is 523 g/mol. The van der Waals surface area contributed by atoms with Gasteiger partial charge in [-0.1, -0.05) is 36.4 Å². The van der Waals surface area contributed by atoms with Crippen LogP contribution in [0.25, 0.3) is 5.69 Å². The van der Waals surface area contributed by atoms with E-state index in [0.29, 0.717) is 47.0 Å². The molecule has 3 aromatic carbocycles. The molecule has 0 radical (unpaired) electrons. The molecule has 2 N–H and O–H groups in total. The zero-order chi connectivity index (χ0) is 27.1. The third kappa shape index (κ3) is 4.18. The van der Waals surface area contributed by atoms with Gasteiger partial charge in [0.25, 0.3) is 5.56 Å². The zero-order valence-corrected chi connectivity index (χ0v) is 22.0. The number of ketones is 1. The molecule has 6 rings (SSSR count). The fraction of sp³-hybridized carbons (Fsp3) is 0.226. The molecule has 2 atom stereocenters. The number of aromatic amines is 1. The van der Waals surface area contributed by atoms with Crippen molar-refractivity contribution in [1.29, 1.82) is 0 Å². The van der Waals surface area contributed by atoms with Crippen molar-refractivity contribution in [3.05, 3.63) is 111 Å². The topological polar surface area (TPSA) is 94.6 Å². The standard InChI is InChI=1S/C31H29N3O5/c1-37-22-12-9-18(10-13-22)27-28-23(32-30-29(27)31(36)34(33-30)21-7-5-4-6-8-21)15-20(16-24(28)35)19-11-14-25(38-2)26(17-19)39-3/h4-14,17,20,27,32-33H,15-16H2,1-3H3/t20-,27-/m0/s1. The van der Waals surface area contributed by atoms with Crippen LogP contribution in [-0.2, 0) is 4.79 Å². The molecular formula is C31H29N3O5. The molecule has 1 aliphatic carbocycles. The van der Waals surface area contributed by atoms with Gasteiger partial charge in [0.2, 0.25) is 0 Å². The van der Waals surface area contributed by atoms with Gasteiger partial charge in [-0.25, -0.2) is 4.68 Å². The molecule has 2 aliphatic rings. The quantitative estimate of drug-likeness (QED) is 0.363. The van der Waals surface area contributed by atoms with Crippen molar-refractivity contribution < 1.29 is 19.0 Å². The molecule has 198 valence electrons. The Balaban J connectivity index is 1.47. The zero-order valence-electron chi connectivity index (χ0n) is 22.0. The van der Waals surface area contributed by atoms with Crippen molar-refractivity contribution in [3.63, 3.8) is 0 Å². The molecule has 8 heteroatoms. The van der Waals surface area contributed by atoms with Crippen LogP contribution < -0.4 is 25.1 Å². The largest absolute Gasteiger partial charge is 0.497 e. The average molecular weight is 524 g/mol. The Labute approximate surface area is 225 Å². The van der Waals surface area contributed by atoms with E-state index in [1.165, 1.54) is 4.68 Å². The minimum atomic E-state index is -0.505. The molecule has 1 aliphatic heterocycles. The van der Waals surface area contributed by atoms with E-state index in [0.717, 1.165) is 22.5 Å². The van der Waals surface area contributed by atoms with Gasteiger partial charge < -0.3 is 19.5 Å². The first kappa shape index (κ1) is 24.6. The van der Waals surface area contributed by atoms with Gasteiger partial charge in [0.15, 0.2) is 17.3 Å². The summed E-state index contributed by atoms with van der Waals surface area (Å²) in [4.78, 5) is 27.7. The highest BCUT2D eigenvalue weighted by Crippen LogP contribution is 2.47. The minimum absolute atomic E-state index is 0.0156. The maximum atomic E-state index is 13.9. The Bertz CT molecular complexity index is 1630. The summed E-state index contributed by atoms with van der Waals surface area (Å²) in [5.41, 5.74) is 4.38. The molecule has 0 fully saturated rings. The number of allylic oxidation sites excluding steroid dienone is 2. The number of rotatable bonds is 6. The van der Waals surface area contributed by atoms with Crippen LogP contribution in [-0.4, -0.2) is 36.9 Å². The number of ether oxygens (including phenoxy) is 3. The first-order chi connectivity index (χ1) is 19.0. The normalized spacial score (nSPS) is 18.2.